The van der Waals surface area contributed by atoms with Crippen molar-refractivity contribution in [3.63, 3.8) is 0 Å². The van der Waals surface area contributed by atoms with Gasteiger partial charge in [-0.1, -0.05) is 11.6 Å². The van der Waals surface area contributed by atoms with Gasteiger partial charge in [-0.25, -0.2) is 13.8 Å². The van der Waals surface area contributed by atoms with Gasteiger partial charge in [0.25, 0.3) is 5.91 Å². The number of ether oxygens (including phenoxy) is 1. The maximum absolute atomic E-state index is 14.3. The normalized spacial score (nSPS) is 16.1. The average Bonchev–Trinajstić information content (AvgIpc) is 3.22. The van der Waals surface area contributed by atoms with Crippen LogP contribution in [0.1, 0.15) is 32.1 Å². The number of rotatable bonds is 5. The Morgan fingerprint density at radius 2 is 2.06 bits per heavy atom. The summed E-state index contributed by atoms with van der Waals surface area (Å²) in [5, 5.41) is 4.82. The molecule has 1 amide bonds. The quantitative estimate of drug-likeness (QED) is 0.472. The zero-order valence-corrected chi connectivity index (χ0v) is 18.8. The smallest absolute Gasteiger partial charge is 0.262 e. The summed E-state index contributed by atoms with van der Waals surface area (Å²) in [4.78, 5) is 16.9. The summed E-state index contributed by atoms with van der Waals surface area (Å²) in [7, 11) is 0. The van der Waals surface area contributed by atoms with E-state index in [4.69, 9.17) is 4.74 Å². The molecular formula is C25H23F2N3O2S. The number of halogens is 2. The maximum Gasteiger partial charge on any atom is 0.262 e. The third-order valence-corrected chi connectivity index (χ3v) is 6.74. The van der Waals surface area contributed by atoms with E-state index in [0.717, 1.165) is 36.6 Å². The van der Waals surface area contributed by atoms with Crippen LogP contribution >= 0.6 is 11.3 Å². The lowest BCUT2D eigenvalue weighted by Crippen LogP contribution is -2.25. The summed E-state index contributed by atoms with van der Waals surface area (Å²) >= 11 is 1.40. The number of nitrogens with zero attached hydrogens (tertiary/aromatic N) is 2. The fourth-order valence-corrected chi connectivity index (χ4v) is 5.12. The largest absolute Gasteiger partial charge is 0.482 e. The number of benzene rings is 2. The number of hydrogen-bond acceptors (Lipinski definition) is 4. The van der Waals surface area contributed by atoms with Gasteiger partial charge in [-0.3, -0.25) is 4.79 Å². The fraction of sp³-hybridized carbons (Fsp3) is 0.280. The van der Waals surface area contributed by atoms with Crippen LogP contribution in [0.2, 0.25) is 0 Å². The summed E-state index contributed by atoms with van der Waals surface area (Å²) in [5.74, 6) is -0.885. The minimum atomic E-state index is -0.694. The molecule has 3 aromatic rings. The molecule has 0 saturated carbocycles. The number of carbonyl (C=O) groups excluding carboxylic acids is 1. The van der Waals surface area contributed by atoms with Crippen LogP contribution in [0.25, 0.3) is 11.3 Å². The first-order valence-corrected chi connectivity index (χ1v) is 11.9. The molecule has 5 rings (SSSR count). The Kier molecular flexibility index (Phi) is 6.09. The fourth-order valence-electron chi connectivity index (χ4n) is 4.17. The minimum absolute atomic E-state index is 0.00612. The van der Waals surface area contributed by atoms with E-state index >= 15 is 0 Å². The predicted octanol–water partition coefficient (Wildman–Crippen LogP) is 5.95. The number of carbonyl (C=O) groups is 1. The monoisotopic (exact) mass is 467 g/mol. The molecule has 1 aliphatic carbocycles. The lowest BCUT2D eigenvalue weighted by Gasteiger charge is -2.19. The van der Waals surface area contributed by atoms with Gasteiger partial charge in [0.05, 0.1) is 11.4 Å². The second-order valence-electron chi connectivity index (χ2n) is 8.17. The Morgan fingerprint density at radius 3 is 2.88 bits per heavy atom. The lowest BCUT2D eigenvalue weighted by molar-refractivity contribution is -0.118. The molecule has 0 saturated heterocycles. The number of aromatic nitrogens is 1. The second kappa shape index (κ2) is 9.31. The van der Waals surface area contributed by atoms with Crippen LogP contribution in [0.5, 0.6) is 5.75 Å². The topological polar surface area (TPSA) is 55.6 Å². The first-order chi connectivity index (χ1) is 16.1. The number of hydrogen-bond donors (Lipinski definition) is 1. The molecule has 8 heteroatoms. The lowest BCUT2D eigenvalue weighted by atomic mass is 9.97. The van der Waals surface area contributed by atoms with Crippen molar-refractivity contribution < 1.29 is 18.3 Å². The van der Waals surface area contributed by atoms with Gasteiger partial charge < -0.3 is 14.6 Å². The van der Waals surface area contributed by atoms with E-state index in [1.54, 1.807) is 0 Å². The SMILES string of the molecule is O=C1COc2ccc(-c3csc(=Nc4ccc(F)cc4F)n3CCC3=CCCCC3)cc2N1. The van der Waals surface area contributed by atoms with Crippen LogP contribution in [0, 0.1) is 11.6 Å². The minimum Gasteiger partial charge on any atom is -0.482 e. The highest BCUT2D eigenvalue weighted by Gasteiger charge is 2.18. The Balaban J connectivity index is 1.56. The van der Waals surface area contributed by atoms with E-state index in [0.29, 0.717) is 22.8 Å². The first kappa shape index (κ1) is 21.6. The van der Waals surface area contributed by atoms with Crippen molar-refractivity contribution >= 4 is 28.6 Å². The van der Waals surface area contributed by atoms with Crippen LogP contribution < -0.4 is 14.9 Å². The van der Waals surface area contributed by atoms with Crippen LogP contribution in [0.3, 0.4) is 0 Å². The van der Waals surface area contributed by atoms with E-state index < -0.39 is 11.6 Å². The molecular weight excluding hydrogens is 444 g/mol. The highest BCUT2D eigenvalue weighted by molar-refractivity contribution is 7.07. The summed E-state index contributed by atoms with van der Waals surface area (Å²) in [6.07, 6.45) is 7.84. The van der Waals surface area contributed by atoms with Crippen molar-refractivity contribution in [1.29, 1.82) is 0 Å². The van der Waals surface area contributed by atoms with E-state index in [9.17, 15) is 13.6 Å². The predicted molar refractivity (Wildman–Crippen MR) is 125 cm³/mol. The molecule has 33 heavy (non-hydrogen) atoms. The Hall–Kier alpha value is -3.26. The molecule has 0 fully saturated rings. The third-order valence-electron chi connectivity index (χ3n) is 5.87. The Labute approximate surface area is 194 Å². The van der Waals surface area contributed by atoms with Crippen molar-refractivity contribution in [1.82, 2.24) is 4.57 Å². The van der Waals surface area contributed by atoms with Crippen LogP contribution in [0.4, 0.5) is 20.2 Å². The Morgan fingerprint density at radius 1 is 1.15 bits per heavy atom. The third kappa shape index (κ3) is 4.75. The van der Waals surface area contributed by atoms with Gasteiger partial charge in [0.1, 0.15) is 17.3 Å². The van der Waals surface area contributed by atoms with Crippen LogP contribution in [-0.4, -0.2) is 17.1 Å². The summed E-state index contributed by atoms with van der Waals surface area (Å²) < 4.78 is 35.2. The molecule has 1 aromatic heterocycles. The molecule has 2 heterocycles. The number of nitrogens with one attached hydrogen (secondary N) is 1. The van der Waals surface area contributed by atoms with Crippen molar-refractivity contribution in [2.75, 3.05) is 11.9 Å². The first-order valence-electron chi connectivity index (χ1n) is 11.0. The molecule has 1 N–H and O–H groups in total. The van der Waals surface area contributed by atoms with Crippen LogP contribution in [0.15, 0.2) is 58.4 Å². The zero-order valence-electron chi connectivity index (χ0n) is 17.9. The highest BCUT2D eigenvalue weighted by Crippen LogP contribution is 2.33. The highest BCUT2D eigenvalue weighted by atomic mass is 32.1. The van der Waals surface area contributed by atoms with E-state index in [2.05, 4.69) is 21.0 Å². The number of allylic oxidation sites excluding steroid dienone is 2. The molecule has 0 bridgehead atoms. The molecule has 0 atom stereocenters. The summed E-state index contributed by atoms with van der Waals surface area (Å²) in [6, 6.07) is 9.07. The van der Waals surface area contributed by atoms with Crippen LogP contribution in [-0.2, 0) is 11.3 Å². The van der Waals surface area contributed by atoms with Gasteiger partial charge in [-0.05, 0) is 62.4 Å². The molecule has 170 valence electrons. The van der Waals surface area contributed by atoms with E-state index in [1.807, 2.05) is 23.6 Å². The van der Waals surface area contributed by atoms with Gasteiger partial charge in [-0.2, -0.15) is 0 Å². The second-order valence-corrected chi connectivity index (χ2v) is 9.01. The number of anilines is 1. The number of amides is 1. The summed E-state index contributed by atoms with van der Waals surface area (Å²) in [6.45, 7) is 0.693. The van der Waals surface area contributed by atoms with Crippen molar-refractivity contribution in [2.24, 2.45) is 4.99 Å². The Bertz CT molecular complexity index is 1310. The van der Waals surface area contributed by atoms with E-state index in [-0.39, 0.29) is 18.2 Å². The maximum atomic E-state index is 14.3. The molecule has 2 aliphatic rings. The molecule has 0 unspecified atom stereocenters. The van der Waals surface area contributed by atoms with Crippen molar-refractivity contribution in [3.05, 3.63) is 69.9 Å². The van der Waals surface area contributed by atoms with Crippen molar-refractivity contribution in [2.45, 2.75) is 38.6 Å². The van der Waals surface area contributed by atoms with Gasteiger partial charge in [0, 0.05) is 23.6 Å². The van der Waals surface area contributed by atoms with Gasteiger partial charge in [0.2, 0.25) is 0 Å². The zero-order chi connectivity index (χ0) is 22.8. The summed E-state index contributed by atoms with van der Waals surface area (Å²) in [5.41, 5.74) is 3.96. The molecule has 5 nitrogen and oxygen atoms in total. The van der Waals surface area contributed by atoms with Gasteiger partial charge in [0.15, 0.2) is 17.2 Å². The molecule has 0 radical (unpaired) electrons. The van der Waals surface area contributed by atoms with Gasteiger partial charge >= 0.3 is 0 Å². The molecule has 1 aliphatic heterocycles. The number of fused-ring (bicyclic) bond motifs is 1. The van der Waals surface area contributed by atoms with Gasteiger partial charge in [-0.15, -0.1) is 11.3 Å². The molecule has 2 aromatic carbocycles. The van der Waals surface area contributed by atoms with E-state index in [1.165, 1.54) is 41.9 Å². The standard InChI is InChI=1S/C25H23F2N3O2S/c26-18-7-8-20(19(27)13-18)29-25-30(11-10-16-4-2-1-3-5-16)22(15-33-25)17-6-9-23-21(12-17)28-24(31)14-32-23/h4,6-9,12-13,15H,1-3,5,10-11,14H2,(H,28,31). The average molecular weight is 468 g/mol. The molecule has 0 spiro atoms. The number of thiazole rings is 1. The van der Waals surface area contributed by atoms with Crippen molar-refractivity contribution in [3.8, 4) is 17.0 Å².